The van der Waals surface area contributed by atoms with Crippen LogP contribution < -0.4 is 5.32 Å². The van der Waals surface area contributed by atoms with E-state index in [0.717, 1.165) is 15.6 Å². The predicted octanol–water partition coefficient (Wildman–Crippen LogP) is 5.40. The molecular weight excluding hydrogens is 340 g/mol. The third-order valence-corrected chi connectivity index (χ3v) is 4.88. The summed E-state index contributed by atoms with van der Waals surface area (Å²) in [5.74, 6) is 0.528. The SMILES string of the molecule is N#Cc1ccc(Nc2nccc(Sc3cccc4ccccc34)n2)cc1. The Labute approximate surface area is 155 Å². The van der Waals surface area contributed by atoms with Gasteiger partial charge in [-0.3, -0.25) is 0 Å². The lowest BCUT2D eigenvalue weighted by atomic mass is 10.1. The van der Waals surface area contributed by atoms with Crippen LogP contribution in [0.2, 0.25) is 0 Å². The minimum atomic E-state index is 0.528. The second kappa shape index (κ2) is 7.26. The van der Waals surface area contributed by atoms with Crippen molar-refractivity contribution in [3.63, 3.8) is 0 Å². The predicted molar refractivity (Wildman–Crippen MR) is 105 cm³/mol. The van der Waals surface area contributed by atoms with Crippen LogP contribution in [0.3, 0.4) is 0 Å². The van der Waals surface area contributed by atoms with E-state index in [1.165, 1.54) is 10.8 Å². The molecule has 0 spiro atoms. The molecule has 0 unspecified atom stereocenters. The molecule has 3 aromatic carbocycles. The topological polar surface area (TPSA) is 61.6 Å². The van der Waals surface area contributed by atoms with Crippen molar-refractivity contribution in [3.8, 4) is 6.07 Å². The Kier molecular flexibility index (Phi) is 4.50. The molecule has 4 nitrogen and oxygen atoms in total. The Morgan fingerprint density at radius 3 is 2.54 bits per heavy atom. The average Bonchev–Trinajstić information content (AvgIpc) is 2.69. The Hall–Kier alpha value is -3.36. The fourth-order valence-electron chi connectivity index (χ4n) is 2.61. The molecule has 0 atom stereocenters. The number of rotatable bonds is 4. The van der Waals surface area contributed by atoms with Crippen molar-refractivity contribution in [1.29, 1.82) is 5.26 Å². The molecule has 0 saturated carbocycles. The highest BCUT2D eigenvalue weighted by Gasteiger charge is 2.06. The van der Waals surface area contributed by atoms with Gasteiger partial charge in [-0.25, -0.2) is 9.97 Å². The van der Waals surface area contributed by atoms with Crippen molar-refractivity contribution in [2.24, 2.45) is 0 Å². The lowest BCUT2D eigenvalue weighted by Crippen LogP contribution is -1.97. The number of fused-ring (bicyclic) bond motifs is 1. The van der Waals surface area contributed by atoms with Crippen molar-refractivity contribution < 1.29 is 0 Å². The van der Waals surface area contributed by atoms with Crippen LogP contribution in [0.4, 0.5) is 11.6 Å². The zero-order valence-corrected chi connectivity index (χ0v) is 14.6. The van der Waals surface area contributed by atoms with Crippen LogP contribution in [0.25, 0.3) is 10.8 Å². The highest BCUT2D eigenvalue weighted by atomic mass is 32.2. The molecule has 0 aliphatic carbocycles. The molecule has 1 heterocycles. The van der Waals surface area contributed by atoms with Gasteiger partial charge in [0, 0.05) is 16.8 Å². The van der Waals surface area contributed by atoms with E-state index in [-0.39, 0.29) is 0 Å². The van der Waals surface area contributed by atoms with E-state index in [4.69, 9.17) is 5.26 Å². The second-order valence-corrected chi connectivity index (χ2v) is 6.67. The summed E-state index contributed by atoms with van der Waals surface area (Å²) in [6.07, 6.45) is 1.74. The number of hydrogen-bond acceptors (Lipinski definition) is 5. The molecule has 0 amide bonds. The van der Waals surface area contributed by atoms with Gasteiger partial charge in [0.2, 0.25) is 5.95 Å². The van der Waals surface area contributed by atoms with Crippen LogP contribution >= 0.6 is 11.8 Å². The first-order chi connectivity index (χ1) is 12.8. The third-order valence-electron chi connectivity index (χ3n) is 3.86. The quantitative estimate of drug-likeness (QED) is 0.497. The van der Waals surface area contributed by atoms with E-state index >= 15 is 0 Å². The van der Waals surface area contributed by atoms with Crippen LogP contribution in [0, 0.1) is 11.3 Å². The van der Waals surface area contributed by atoms with E-state index in [1.54, 1.807) is 30.1 Å². The summed E-state index contributed by atoms with van der Waals surface area (Å²) in [4.78, 5) is 10.0. The Morgan fingerprint density at radius 2 is 1.69 bits per heavy atom. The fraction of sp³-hybridized carbons (Fsp3) is 0. The molecular formula is C21H14N4S. The minimum Gasteiger partial charge on any atom is -0.324 e. The van der Waals surface area contributed by atoms with Gasteiger partial charge in [0.25, 0.3) is 0 Å². The molecule has 124 valence electrons. The molecule has 5 heteroatoms. The van der Waals surface area contributed by atoms with E-state index in [1.807, 2.05) is 30.3 Å². The Balaban J connectivity index is 1.58. The Bertz CT molecular complexity index is 1100. The highest BCUT2D eigenvalue weighted by Crippen LogP contribution is 2.32. The summed E-state index contributed by atoms with van der Waals surface area (Å²) in [7, 11) is 0. The number of anilines is 2. The van der Waals surface area contributed by atoms with Crippen molar-refractivity contribution in [2.75, 3.05) is 5.32 Å². The summed E-state index contributed by atoms with van der Waals surface area (Å²) < 4.78 is 0. The zero-order valence-electron chi connectivity index (χ0n) is 13.8. The van der Waals surface area contributed by atoms with Crippen LogP contribution in [0.5, 0.6) is 0 Å². The lowest BCUT2D eigenvalue weighted by molar-refractivity contribution is 1.05. The van der Waals surface area contributed by atoms with Crippen molar-refractivity contribution in [2.45, 2.75) is 9.92 Å². The molecule has 0 bridgehead atoms. The summed E-state index contributed by atoms with van der Waals surface area (Å²) in [6.45, 7) is 0. The molecule has 0 aliphatic rings. The van der Waals surface area contributed by atoms with E-state index in [0.29, 0.717) is 11.5 Å². The molecule has 0 saturated heterocycles. The normalized spacial score (nSPS) is 10.4. The van der Waals surface area contributed by atoms with Gasteiger partial charge in [-0.1, -0.05) is 48.2 Å². The largest absolute Gasteiger partial charge is 0.324 e. The number of benzene rings is 3. The van der Waals surface area contributed by atoms with Gasteiger partial charge < -0.3 is 5.32 Å². The van der Waals surface area contributed by atoms with Gasteiger partial charge >= 0.3 is 0 Å². The molecule has 1 aromatic heterocycles. The summed E-state index contributed by atoms with van der Waals surface area (Å²) in [5, 5.41) is 15.3. The number of aromatic nitrogens is 2. The van der Waals surface area contributed by atoms with Crippen LogP contribution in [-0.2, 0) is 0 Å². The maximum atomic E-state index is 8.87. The van der Waals surface area contributed by atoms with Gasteiger partial charge in [-0.15, -0.1) is 0 Å². The van der Waals surface area contributed by atoms with Crippen LogP contribution in [-0.4, -0.2) is 9.97 Å². The first kappa shape index (κ1) is 16.1. The summed E-state index contributed by atoms with van der Waals surface area (Å²) in [6, 6.07) is 25.8. The molecule has 0 radical (unpaired) electrons. The number of nitriles is 1. The third kappa shape index (κ3) is 3.51. The van der Waals surface area contributed by atoms with Gasteiger partial charge in [-0.2, -0.15) is 5.26 Å². The standard InChI is InChI=1S/C21H14N4S/c22-14-15-8-10-17(11-9-15)24-21-23-13-12-20(25-21)26-19-7-3-5-16-4-1-2-6-18(16)19/h1-13H,(H,23,24,25). The van der Waals surface area contributed by atoms with E-state index < -0.39 is 0 Å². The van der Waals surface area contributed by atoms with E-state index in [2.05, 4.69) is 51.7 Å². The van der Waals surface area contributed by atoms with E-state index in [9.17, 15) is 0 Å². The fourth-order valence-corrected chi connectivity index (χ4v) is 3.54. The van der Waals surface area contributed by atoms with Gasteiger partial charge in [0.05, 0.1) is 11.6 Å². The molecule has 4 aromatic rings. The molecule has 0 fully saturated rings. The second-order valence-electron chi connectivity index (χ2n) is 5.61. The lowest BCUT2D eigenvalue weighted by Gasteiger charge is -2.08. The first-order valence-electron chi connectivity index (χ1n) is 8.08. The number of nitrogens with zero attached hydrogens (tertiary/aromatic N) is 3. The van der Waals surface area contributed by atoms with Crippen molar-refractivity contribution in [3.05, 3.63) is 84.6 Å². The molecule has 26 heavy (non-hydrogen) atoms. The summed E-state index contributed by atoms with van der Waals surface area (Å²) in [5.41, 5.74) is 1.47. The maximum Gasteiger partial charge on any atom is 0.228 e. The van der Waals surface area contributed by atoms with Crippen LogP contribution in [0.15, 0.2) is 88.9 Å². The average molecular weight is 354 g/mol. The molecule has 4 rings (SSSR count). The van der Waals surface area contributed by atoms with Crippen LogP contribution in [0.1, 0.15) is 5.56 Å². The maximum absolute atomic E-state index is 8.87. The number of hydrogen-bond donors (Lipinski definition) is 1. The van der Waals surface area contributed by atoms with Gasteiger partial charge in [0.1, 0.15) is 5.03 Å². The van der Waals surface area contributed by atoms with Crippen molar-refractivity contribution >= 4 is 34.2 Å². The number of nitrogens with one attached hydrogen (secondary N) is 1. The molecule has 1 N–H and O–H groups in total. The van der Waals surface area contributed by atoms with Crippen molar-refractivity contribution in [1.82, 2.24) is 9.97 Å². The Morgan fingerprint density at radius 1 is 0.885 bits per heavy atom. The highest BCUT2D eigenvalue weighted by molar-refractivity contribution is 7.99. The first-order valence-corrected chi connectivity index (χ1v) is 8.89. The van der Waals surface area contributed by atoms with Gasteiger partial charge in [0.15, 0.2) is 0 Å². The molecule has 0 aliphatic heterocycles. The zero-order chi connectivity index (χ0) is 17.8. The van der Waals surface area contributed by atoms with Gasteiger partial charge in [-0.05, 0) is 47.2 Å². The smallest absolute Gasteiger partial charge is 0.228 e. The monoisotopic (exact) mass is 354 g/mol. The summed E-state index contributed by atoms with van der Waals surface area (Å²) >= 11 is 1.61. The minimum absolute atomic E-state index is 0.528.